The number of carbonyl (C=O) groups is 1. The van der Waals surface area contributed by atoms with Crippen molar-refractivity contribution in [3.8, 4) is 11.4 Å². The molecule has 0 saturated carbocycles. The molecule has 0 unspecified atom stereocenters. The molecule has 2 aromatic carbocycles. The number of methoxy groups -OCH3 is 1. The second kappa shape index (κ2) is 7.52. The first-order chi connectivity index (χ1) is 12.2. The van der Waals surface area contributed by atoms with Crippen LogP contribution in [0.4, 0.5) is 10.1 Å². The number of aryl methyl sites for hydroxylation is 1. The lowest BCUT2D eigenvalue weighted by Gasteiger charge is -2.07. The Kier molecular flexibility index (Phi) is 4.98. The number of rotatable bonds is 6. The molecule has 0 fully saturated rings. The summed E-state index contributed by atoms with van der Waals surface area (Å²) in [6.45, 7) is 0. The molecule has 0 aliphatic rings. The van der Waals surface area contributed by atoms with Gasteiger partial charge in [0, 0.05) is 12.1 Å². The fourth-order valence-electron chi connectivity index (χ4n) is 2.32. The molecule has 1 amide bonds. The van der Waals surface area contributed by atoms with Crippen molar-refractivity contribution in [2.45, 2.75) is 12.8 Å². The van der Waals surface area contributed by atoms with Gasteiger partial charge in [-0.05, 0) is 58.8 Å². The second-order valence-electron chi connectivity index (χ2n) is 5.32. The van der Waals surface area contributed by atoms with E-state index in [1.807, 2.05) is 0 Å². The summed E-state index contributed by atoms with van der Waals surface area (Å²) in [6, 6.07) is 11.8. The van der Waals surface area contributed by atoms with Crippen LogP contribution in [0, 0.1) is 5.82 Å². The number of anilines is 1. The number of carbonyl (C=O) groups excluding carboxylic acids is 1. The zero-order valence-electron chi connectivity index (χ0n) is 13.5. The predicted molar refractivity (Wildman–Crippen MR) is 89.1 cm³/mol. The molecule has 128 valence electrons. The van der Waals surface area contributed by atoms with Crippen molar-refractivity contribution >= 4 is 11.6 Å². The Hall–Kier alpha value is -3.29. The minimum absolute atomic E-state index is 0.147. The van der Waals surface area contributed by atoms with E-state index >= 15 is 0 Å². The fourth-order valence-corrected chi connectivity index (χ4v) is 2.32. The number of aromatic nitrogens is 4. The number of halogens is 1. The van der Waals surface area contributed by atoms with Gasteiger partial charge in [-0.2, -0.15) is 0 Å². The summed E-state index contributed by atoms with van der Waals surface area (Å²) in [5.41, 5.74) is 2.20. The van der Waals surface area contributed by atoms with Crippen molar-refractivity contribution in [3.05, 3.63) is 60.2 Å². The fraction of sp³-hybridized carbons (Fsp3) is 0.176. The van der Waals surface area contributed by atoms with Crippen LogP contribution < -0.4 is 10.1 Å². The molecule has 0 aliphatic carbocycles. The van der Waals surface area contributed by atoms with Crippen LogP contribution in [-0.4, -0.2) is 33.2 Å². The number of hydrogen-bond acceptors (Lipinski definition) is 5. The molecule has 0 atom stereocenters. The molecule has 1 heterocycles. The Balaban J connectivity index is 1.55. The third kappa shape index (κ3) is 4.17. The molecule has 3 rings (SSSR count). The van der Waals surface area contributed by atoms with Gasteiger partial charge in [-0.25, -0.2) is 9.07 Å². The van der Waals surface area contributed by atoms with Gasteiger partial charge in [-0.3, -0.25) is 4.79 Å². The first-order valence-electron chi connectivity index (χ1n) is 7.61. The minimum Gasteiger partial charge on any atom is -0.494 e. The molecule has 0 spiro atoms. The molecule has 7 nitrogen and oxygen atoms in total. The number of amides is 1. The molecule has 0 aliphatic heterocycles. The van der Waals surface area contributed by atoms with Crippen molar-refractivity contribution in [2.24, 2.45) is 0 Å². The lowest BCUT2D eigenvalue weighted by molar-refractivity contribution is -0.116. The highest BCUT2D eigenvalue weighted by Gasteiger charge is 2.07. The van der Waals surface area contributed by atoms with Gasteiger partial charge in [0.1, 0.15) is 6.33 Å². The third-order valence-corrected chi connectivity index (χ3v) is 3.62. The number of benzene rings is 2. The molecule has 25 heavy (non-hydrogen) atoms. The van der Waals surface area contributed by atoms with Crippen LogP contribution in [0.15, 0.2) is 48.8 Å². The zero-order valence-corrected chi connectivity index (χ0v) is 13.5. The van der Waals surface area contributed by atoms with Crippen LogP contribution >= 0.6 is 0 Å². The largest absolute Gasteiger partial charge is 0.494 e. The van der Waals surface area contributed by atoms with Gasteiger partial charge in [-0.15, -0.1) is 5.10 Å². The van der Waals surface area contributed by atoms with Gasteiger partial charge in [-0.1, -0.05) is 6.07 Å². The van der Waals surface area contributed by atoms with Crippen LogP contribution in [0.1, 0.15) is 12.0 Å². The van der Waals surface area contributed by atoms with E-state index in [9.17, 15) is 9.18 Å². The van der Waals surface area contributed by atoms with Gasteiger partial charge < -0.3 is 10.1 Å². The highest BCUT2D eigenvalue weighted by molar-refractivity contribution is 5.90. The van der Waals surface area contributed by atoms with Crippen molar-refractivity contribution in [3.63, 3.8) is 0 Å². The maximum atomic E-state index is 13.6. The van der Waals surface area contributed by atoms with Gasteiger partial charge in [0.25, 0.3) is 0 Å². The Morgan fingerprint density at radius 3 is 2.68 bits per heavy atom. The van der Waals surface area contributed by atoms with Crippen LogP contribution in [0.3, 0.4) is 0 Å². The van der Waals surface area contributed by atoms with Gasteiger partial charge in [0.05, 0.1) is 12.8 Å². The highest BCUT2D eigenvalue weighted by atomic mass is 19.1. The van der Waals surface area contributed by atoms with Crippen LogP contribution in [0.25, 0.3) is 5.69 Å². The first kappa shape index (κ1) is 16.6. The summed E-state index contributed by atoms with van der Waals surface area (Å²) in [5, 5.41) is 13.7. The van der Waals surface area contributed by atoms with Gasteiger partial charge >= 0.3 is 0 Å². The summed E-state index contributed by atoms with van der Waals surface area (Å²) in [7, 11) is 1.41. The first-order valence-corrected chi connectivity index (χ1v) is 7.61. The maximum absolute atomic E-state index is 13.6. The normalized spacial score (nSPS) is 10.5. The average molecular weight is 341 g/mol. The lowest BCUT2D eigenvalue weighted by Crippen LogP contribution is -2.12. The monoisotopic (exact) mass is 341 g/mol. The molecule has 0 saturated heterocycles. The summed E-state index contributed by atoms with van der Waals surface area (Å²) >= 11 is 0. The molecule has 3 aromatic rings. The second-order valence-corrected chi connectivity index (χ2v) is 5.32. The Labute approximate surface area is 143 Å². The number of ether oxygens (including phenoxy) is 1. The molecule has 1 aromatic heterocycles. The number of nitrogens with zero attached hydrogens (tertiary/aromatic N) is 4. The van der Waals surface area contributed by atoms with Crippen LogP contribution in [0.5, 0.6) is 5.75 Å². The molecular formula is C17H16FN5O2. The SMILES string of the molecule is COc1ccc(CCC(=O)Nc2ccc(-n3cnnn3)cc2)cc1F. The lowest BCUT2D eigenvalue weighted by atomic mass is 10.1. The van der Waals surface area contributed by atoms with Gasteiger partial charge in [0.2, 0.25) is 5.91 Å². The maximum Gasteiger partial charge on any atom is 0.224 e. The van der Waals surface area contributed by atoms with E-state index in [0.29, 0.717) is 12.1 Å². The van der Waals surface area contributed by atoms with Crippen LogP contribution in [0.2, 0.25) is 0 Å². The smallest absolute Gasteiger partial charge is 0.224 e. The predicted octanol–water partition coefficient (Wildman–Crippen LogP) is 2.38. The summed E-state index contributed by atoms with van der Waals surface area (Å²) in [4.78, 5) is 12.0. The van der Waals surface area contributed by atoms with Crippen LogP contribution in [-0.2, 0) is 11.2 Å². The van der Waals surface area contributed by atoms with Gasteiger partial charge in [0.15, 0.2) is 11.6 Å². The molecular weight excluding hydrogens is 325 g/mol. The molecule has 1 N–H and O–H groups in total. The Bertz CT molecular complexity index is 850. The van der Waals surface area contributed by atoms with E-state index in [0.717, 1.165) is 11.3 Å². The molecule has 8 heteroatoms. The summed E-state index contributed by atoms with van der Waals surface area (Å²) < 4.78 is 20.0. The van der Waals surface area contributed by atoms with Crippen molar-refractivity contribution in [2.75, 3.05) is 12.4 Å². The summed E-state index contributed by atoms with van der Waals surface area (Å²) in [5.74, 6) is -0.388. The highest BCUT2D eigenvalue weighted by Crippen LogP contribution is 2.19. The Morgan fingerprint density at radius 1 is 1.24 bits per heavy atom. The quantitative estimate of drug-likeness (QED) is 0.744. The van der Waals surface area contributed by atoms with Crippen molar-refractivity contribution < 1.29 is 13.9 Å². The number of tetrazole rings is 1. The average Bonchev–Trinajstić information content (AvgIpc) is 3.15. The van der Waals surface area contributed by atoms with Crippen molar-refractivity contribution in [1.82, 2.24) is 20.2 Å². The standard InChI is InChI=1S/C17H16FN5O2/c1-25-16-8-2-12(10-15(16)18)3-9-17(24)20-13-4-6-14(7-5-13)23-11-19-21-22-23/h2,4-8,10-11H,3,9H2,1H3,(H,20,24). The van der Waals surface area contributed by atoms with E-state index < -0.39 is 5.82 Å². The van der Waals surface area contributed by atoms with E-state index in [1.54, 1.807) is 36.4 Å². The van der Waals surface area contributed by atoms with E-state index in [-0.39, 0.29) is 18.1 Å². The van der Waals surface area contributed by atoms with E-state index in [2.05, 4.69) is 20.8 Å². The number of nitrogens with one attached hydrogen (secondary N) is 1. The molecule has 0 radical (unpaired) electrons. The third-order valence-electron chi connectivity index (χ3n) is 3.62. The topological polar surface area (TPSA) is 81.9 Å². The minimum atomic E-state index is -0.432. The summed E-state index contributed by atoms with van der Waals surface area (Å²) in [6.07, 6.45) is 2.18. The Morgan fingerprint density at radius 2 is 2.04 bits per heavy atom. The van der Waals surface area contributed by atoms with E-state index in [1.165, 1.54) is 24.2 Å². The van der Waals surface area contributed by atoms with Crippen molar-refractivity contribution in [1.29, 1.82) is 0 Å². The zero-order chi connectivity index (χ0) is 17.6. The van der Waals surface area contributed by atoms with E-state index in [4.69, 9.17) is 4.74 Å². The number of hydrogen-bond donors (Lipinski definition) is 1. The molecule has 0 bridgehead atoms.